The van der Waals surface area contributed by atoms with Crippen LogP contribution in [0.1, 0.15) is 27.7 Å². The predicted molar refractivity (Wildman–Crippen MR) is 126 cm³/mol. The molecule has 5 aromatic rings. The van der Waals surface area contributed by atoms with Crippen molar-refractivity contribution in [1.82, 2.24) is 14.0 Å². The molecule has 5 rings (SSSR count). The molecule has 1 N–H and O–H groups in total. The summed E-state index contributed by atoms with van der Waals surface area (Å²) in [7, 11) is 1.72. The number of fused-ring (bicyclic) bond motifs is 5. The molecule has 0 saturated heterocycles. The quantitative estimate of drug-likeness (QED) is 0.441. The minimum atomic E-state index is -0.974. The first kappa shape index (κ1) is 19.9. The van der Waals surface area contributed by atoms with Gasteiger partial charge in [-0.15, -0.1) is 0 Å². The zero-order chi connectivity index (χ0) is 21.8. The number of nitrogens with zero attached hydrogens (tertiary/aromatic N) is 3. The van der Waals surface area contributed by atoms with Gasteiger partial charge in [0.15, 0.2) is 0 Å². The molecule has 0 saturated carbocycles. The van der Waals surface area contributed by atoms with Gasteiger partial charge in [0.25, 0.3) is 0 Å². The topological polar surface area (TPSA) is 51.7 Å². The normalized spacial score (nSPS) is 12.8. The second-order valence-electron chi connectivity index (χ2n) is 8.96. The van der Waals surface area contributed by atoms with Gasteiger partial charge in [-0.2, -0.15) is 0 Å². The second-order valence-corrected chi connectivity index (χ2v) is 8.96. The number of hydrogen-bond donors (Lipinski definition) is 1. The number of para-hydroxylation sites is 3. The van der Waals surface area contributed by atoms with E-state index in [-0.39, 0.29) is 0 Å². The van der Waals surface area contributed by atoms with Crippen LogP contribution in [0.5, 0.6) is 0 Å². The van der Waals surface area contributed by atoms with E-state index in [2.05, 4.69) is 39.3 Å². The lowest BCUT2D eigenvalue weighted by atomic mass is 9.82. The maximum atomic E-state index is 10.4. The SMILES string of the molecule is CC(C)(O)C(C)(C)O[B]c1ccc2c(c1)n1c3ccccc3nc1n2-c1ccccc1. The Bertz CT molecular complexity index is 1390. The summed E-state index contributed by atoms with van der Waals surface area (Å²) in [5.41, 5.74) is 4.42. The molecule has 0 aliphatic rings. The molecule has 0 atom stereocenters. The van der Waals surface area contributed by atoms with Crippen LogP contribution in [-0.4, -0.2) is 37.7 Å². The highest BCUT2D eigenvalue weighted by atomic mass is 16.5. The van der Waals surface area contributed by atoms with Gasteiger partial charge < -0.3 is 9.76 Å². The van der Waals surface area contributed by atoms with Crippen molar-refractivity contribution in [2.45, 2.75) is 38.9 Å². The Morgan fingerprint density at radius 1 is 0.839 bits per heavy atom. The molecule has 1 radical (unpaired) electrons. The number of rotatable bonds is 5. The van der Waals surface area contributed by atoms with Gasteiger partial charge in [0.1, 0.15) is 0 Å². The lowest BCUT2D eigenvalue weighted by Crippen LogP contribution is -2.49. The van der Waals surface area contributed by atoms with Crippen molar-refractivity contribution < 1.29 is 9.76 Å². The fourth-order valence-corrected chi connectivity index (χ4v) is 3.68. The van der Waals surface area contributed by atoms with Crippen molar-refractivity contribution in [3.63, 3.8) is 0 Å². The first-order chi connectivity index (χ1) is 14.8. The van der Waals surface area contributed by atoms with E-state index < -0.39 is 11.2 Å². The highest BCUT2D eigenvalue weighted by Crippen LogP contribution is 2.29. The molecular formula is C25H25BN3O2. The fraction of sp³-hybridized carbons (Fsp3) is 0.240. The predicted octanol–water partition coefficient (Wildman–Crippen LogP) is 4.24. The van der Waals surface area contributed by atoms with Gasteiger partial charge in [-0.3, -0.25) is 8.97 Å². The maximum absolute atomic E-state index is 10.4. The van der Waals surface area contributed by atoms with Crippen molar-refractivity contribution in [3.05, 3.63) is 72.8 Å². The summed E-state index contributed by atoms with van der Waals surface area (Å²) in [5, 5.41) is 10.4. The largest absolute Gasteiger partial charge is 0.427 e. The molecule has 5 nitrogen and oxygen atoms in total. The molecule has 0 spiro atoms. The van der Waals surface area contributed by atoms with E-state index in [4.69, 9.17) is 9.64 Å². The third kappa shape index (κ3) is 3.23. The summed E-state index contributed by atoms with van der Waals surface area (Å²) >= 11 is 0. The van der Waals surface area contributed by atoms with Crippen molar-refractivity contribution in [1.29, 1.82) is 0 Å². The van der Waals surface area contributed by atoms with E-state index in [1.54, 1.807) is 21.3 Å². The Kier molecular flexibility index (Phi) is 4.47. The second kappa shape index (κ2) is 6.97. The maximum Gasteiger partial charge on any atom is 0.330 e. The van der Waals surface area contributed by atoms with Crippen LogP contribution in [0.4, 0.5) is 0 Å². The van der Waals surface area contributed by atoms with Gasteiger partial charge in [0.2, 0.25) is 5.78 Å². The summed E-state index contributed by atoms with van der Waals surface area (Å²) in [6.07, 6.45) is 0. The summed E-state index contributed by atoms with van der Waals surface area (Å²) in [5.74, 6) is 0.872. The molecule has 2 heterocycles. The first-order valence-corrected chi connectivity index (χ1v) is 10.5. The Morgan fingerprint density at radius 2 is 1.55 bits per heavy atom. The minimum Gasteiger partial charge on any atom is -0.427 e. The van der Waals surface area contributed by atoms with Crippen LogP contribution in [0.15, 0.2) is 72.8 Å². The van der Waals surface area contributed by atoms with Gasteiger partial charge >= 0.3 is 7.48 Å². The van der Waals surface area contributed by atoms with Crippen LogP contribution in [0.25, 0.3) is 33.5 Å². The molecule has 31 heavy (non-hydrogen) atoms. The third-order valence-electron chi connectivity index (χ3n) is 6.20. The zero-order valence-corrected chi connectivity index (χ0v) is 18.2. The van der Waals surface area contributed by atoms with Gasteiger partial charge in [-0.25, -0.2) is 4.98 Å². The lowest BCUT2D eigenvalue weighted by Gasteiger charge is -2.37. The molecule has 0 aliphatic carbocycles. The monoisotopic (exact) mass is 410 g/mol. The highest BCUT2D eigenvalue weighted by Gasteiger charge is 2.35. The van der Waals surface area contributed by atoms with Crippen molar-refractivity contribution in [2.75, 3.05) is 0 Å². The van der Waals surface area contributed by atoms with Crippen LogP contribution in [0.3, 0.4) is 0 Å². The Hall–Kier alpha value is -3.09. The molecule has 155 valence electrons. The molecule has 6 heteroatoms. The number of hydrogen-bond acceptors (Lipinski definition) is 3. The van der Waals surface area contributed by atoms with Gasteiger partial charge in [-0.05, 0) is 64.1 Å². The number of imidazole rings is 2. The number of aliphatic hydroxyl groups is 1. The van der Waals surface area contributed by atoms with Crippen molar-refractivity contribution >= 4 is 40.8 Å². The van der Waals surface area contributed by atoms with Crippen LogP contribution in [0.2, 0.25) is 0 Å². The zero-order valence-electron chi connectivity index (χ0n) is 18.2. The van der Waals surface area contributed by atoms with E-state index in [0.29, 0.717) is 0 Å². The minimum absolute atomic E-state index is 0.727. The Morgan fingerprint density at radius 3 is 2.29 bits per heavy atom. The van der Waals surface area contributed by atoms with Gasteiger partial charge in [-0.1, -0.05) is 41.9 Å². The lowest BCUT2D eigenvalue weighted by molar-refractivity contribution is -0.0893. The molecule has 0 aliphatic heterocycles. The van der Waals surface area contributed by atoms with Crippen LogP contribution >= 0.6 is 0 Å². The molecule has 2 aromatic heterocycles. The summed E-state index contributed by atoms with van der Waals surface area (Å²) in [6.45, 7) is 7.28. The van der Waals surface area contributed by atoms with Crippen LogP contribution < -0.4 is 5.46 Å². The Balaban J connectivity index is 1.70. The third-order valence-corrected chi connectivity index (χ3v) is 6.20. The molecular weight excluding hydrogens is 385 g/mol. The van der Waals surface area contributed by atoms with Crippen LogP contribution in [-0.2, 0) is 4.65 Å². The summed E-state index contributed by atoms with van der Waals surface area (Å²) in [4.78, 5) is 4.93. The molecule has 0 fully saturated rings. The first-order valence-electron chi connectivity index (χ1n) is 10.5. The fourth-order valence-electron chi connectivity index (χ4n) is 3.68. The molecule has 0 unspecified atom stereocenters. The van der Waals surface area contributed by atoms with Crippen molar-refractivity contribution in [2.24, 2.45) is 0 Å². The molecule has 0 amide bonds. The summed E-state index contributed by atoms with van der Waals surface area (Å²) < 4.78 is 10.4. The Labute approximate surface area is 182 Å². The molecule has 0 bridgehead atoms. The van der Waals surface area contributed by atoms with E-state index in [1.807, 2.05) is 56.3 Å². The van der Waals surface area contributed by atoms with Crippen LogP contribution in [0, 0.1) is 0 Å². The average molecular weight is 410 g/mol. The number of benzene rings is 3. The summed E-state index contributed by atoms with van der Waals surface area (Å²) in [6, 6.07) is 24.7. The van der Waals surface area contributed by atoms with Gasteiger partial charge in [0, 0.05) is 5.69 Å². The smallest absolute Gasteiger partial charge is 0.330 e. The van der Waals surface area contributed by atoms with E-state index in [0.717, 1.165) is 39.0 Å². The molecule has 3 aromatic carbocycles. The van der Waals surface area contributed by atoms with E-state index in [1.165, 1.54) is 0 Å². The average Bonchev–Trinajstić information content (AvgIpc) is 3.26. The standard InChI is InChI=1S/C25H25BN3O2/c1-24(2,30)25(3,4)31-26-17-14-15-21-22(16-17)29-20-13-9-8-12-19(20)27-23(29)28(21)18-10-6-5-7-11-18/h5-16,30H,1-4H3. The van der Waals surface area contributed by atoms with E-state index >= 15 is 0 Å². The highest BCUT2D eigenvalue weighted by molar-refractivity contribution is 6.47. The van der Waals surface area contributed by atoms with E-state index in [9.17, 15) is 5.11 Å². The van der Waals surface area contributed by atoms with Crippen molar-refractivity contribution in [3.8, 4) is 5.69 Å². The van der Waals surface area contributed by atoms with Gasteiger partial charge in [0.05, 0.1) is 33.3 Å². The number of aromatic nitrogens is 3.